The summed E-state index contributed by atoms with van der Waals surface area (Å²) in [5.74, 6) is 1.19. The summed E-state index contributed by atoms with van der Waals surface area (Å²) in [6, 6.07) is 5.65. The van der Waals surface area contributed by atoms with E-state index >= 15 is 0 Å². The fourth-order valence-electron chi connectivity index (χ4n) is 3.64. The van der Waals surface area contributed by atoms with E-state index in [4.69, 9.17) is 9.97 Å². The second kappa shape index (κ2) is 4.79. The summed E-state index contributed by atoms with van der Waals surface area (Å²) in [7, 11) is 0. The van der Waals surface area contributed by atoms with Crippen molar-refractivity contribution in [2.75, 3.05) is 6.54 Å². The largest absolute Gasteiger partial charge is 0.352 e. The van der Waals surface area contributed by atoms with Crippen molar-refractivity contribution >= 4 is 16.9 Å². The molecule has 2 aromatic rings. The van der Waals surface area contributed by atoms with Crippen molar-refractivity contribution in [1.82, 2.24) is 15.3 Å². The molecule has 4 rings (SSSR count). The van der Waals surface area contributed by atoms with E-state index < -0.39 is 0 Å². The highest BCUT2D eigenvalue weighted by Crippen LogP contribution is 2.51. The van der Waals surface area contributed by atoms with Gasteiger partial charge in [0.05, 0.1) is 22.4 Å². The number of benzene rings is 1. The number of carbonyl (C=O) groups is 1. The van der Waals surface area contributed by atoms with Gasteiger partial charge in [-0.15, -0.1) is 0 Å². The molecule has 0 radical (unpaired) electrons. The molecule has 1 saturated carbocycles. The number of hydrogen-bond acceptors (Lipinski definition) is 3. The van der Waals surface area contributed by atoms with Gasteiger partial charge in [0.2, 0.25) is 0 Å². The Hall–Kier alpha value is -1.97. The number of carbonyl (C=O) groups excluding carboxylic acids is 1. The minimum absolute atomic E-state index is 0.0254. The third-order valence-corrected chi connectivity index (χ3v) is 4.72. The van der Waals surface area contributed by atoms with E-state index in [0.717, 1.165) is 17.5 Å². The van der Waals surface area contributed by atoms with Gasteiger partial charge in [0.15, 0.2) is 0 Å². The number of aromatic nitrogens is 2. The smallest absolute Gasteiger partial charge is 0.251 e. The van der Waals surface area contributed by atoms with Crippen molar-refractivity contribution < 1.29 is 4.79 Å². The summed E-state index contributed by atoms with van der Waals surface area (Å²) in [5.41, 5.74) is 4.83. The van der Waals surface area contributed by atoms with E-state index in [1.165, 1.54) is 30.7 Å². The fourth-order valence-corrected chi connectivity index (χ4v) is 3.64. The molecule has 1 N–H and O–H groups in total. The van der Waals surface area contributed by atoms with Crippen molar-refractivity contribution in [1.29, 1.82) is 0 Å². The third-order valence-electron chi connectivity index (χ3n) is 4.72. The summed E-state index contributed by atoms with van der Waals surface area (Å²) >= 11 is 0. The zero-order chi connectivity index (χ0) is 14.4. The van der Waals surface area contributed by atoms with Crippen LogP contribution in [0.15, 0.2) is 18.2 Å². The molecule has 1 amide bonds. The first-order valence-electron chi connectivity index (χ1n) is 7.86. The minimum Gasteiger partial charge on any atom is -0.352 e. The molecule has 4 heteroatoms. The predicted octanol–water partition coefficient (Wildman–Crippen LogP) is 3.13. The van der Waals surface area contributed by atoms with Gasteiger partial charge in [-0.1, -0.05) is 6.92 Å². The van der Waals surface area contributed by atoms with Crippen LogP contribution in [-0.2, 0) is 0 Å². The lowest BCUT2D eigenvalue weighted by molar-refractivity contribution is 0.0954. The Kier molecular flexibility index (Phi) is 2.91. The van der Waals surface area contributed by atoms with Crippen molar-refractivity contribution in [2.45, 2.75) is 44.4 Å². The van der Waals surface area contributed by atoms with Gasteiger partial charge in [-0.2, -0.15) is 0 Å². The van der Waals surface area contributed by atoms with Crippen LogP contribution in [0.2, 0.25) is 0 Å². The first kappa shape index (κ1) is 12.7. The molecule has 2 aliphatic carbocycles. The zero-order valence-electron chi connectivity index (χ0n) is 12.2. The van der Waals surface area contributed by atoms with E-state index in [9.17, 15) is 4.79 Å². The van der Waals surface area contributed by atoms with Gasteiger partial charge in [0, 0.05) is 23.9 Å². The van der Waals surface area contributed by atoms with E-state index in [1.54, 1.807) is 0 Å². The topological polar surface area (TPSA) is 54.9 Å². The maximum Gasteiger partial charge on any atom is 0.251 e. The lowest BCUT2D eigenvalue weighted by Crippen LogP contribution is -2.23. The number of nitrogens with one attached hydrogen (secondary N) is 1. The van der Waals surface area contributed by atoms with Crippen LogP contribution >= 0.6 is 0 Å². The van der Waals surface area contributed by atoms with E-state index in [1.807, 2.05) is 25.1 Å². The third kappa shape index (κ3) is 2.01. The van der Waals surface area contributed by atoms with Crippen molar-refractivity contribution in [2.24, 2.45) is 0 Å². The Balaban J connectivity index is 1.73. The highest BCUT2D eigenvalue weighted by molar-refractivity contribution is 5.97. The van der Waals surface area contributed by atoms with Crippen LogP contribution < -0.4 is 5.32 Å². The first-order valence-corrected chi connectivity index (χ1v) is 7.86. The van der Waals surface area contributed by atoms with E-state index in [-0.39, 0.29) is 5.91 Å². The predicted molar refractivity (Wildman–Crippen MR) is 81.5 cm³/mol. The second-order valence-corrected chi connectivity index (χ2v) is 6.16. The molecule has 2 aliphatic rings. The molecule has 21 heavy (non-hydrogen) atoms. The van der Waals surface area contributed by atoms with Crippen LogP contribution in [0.25, 0.3) is 11.0 Å². The fraction of sp³-hybridized carbons (Fsp3) is 0.471. The molecule has 0 aliphatic heterocycles. The van der Waals surface area contributed by atoms with Gasteiger partial charge in [-0.05, 0) is 43.9 Å². The summed E-state index contributed by atoms with van der Waals surface area (Å²) < 4.78 is 0. The number of fused-ring (bicyclic) bond motifs is 6. The second-order valence-electron chi connectivity index (χ2n) is 6.16. The molecule has 2 atom stereocenters. The van der Waals surface area contributed by atoms with E-state index in [2.05, 4.69) is 5.32 Å². The standard InChI is InChI=1S/C17H19N3O/c1-2-7-18-17(21)12-5-6-13-14(9-12)20-16-11-4-3-10(8-11)15(16)19-13/h5-6,9-11H,2-4,7-8H2,1H3,(H,18,21). The Labute approximate surface area is 124 Å². The maximum atomic E-state index is 12.0. The molecule has 1 aromatic heterocycles. The molecule has 2 unspecified atom stereocenters. The van der Waals surface area contributed by atoms with Crippen LogP contribution in [0.1, 0.15) is 66.2 Å². The number of nitrogens with zero attached hydrogens (tertiary/aromatic N) is 2. The molecular weight excluding hydrogens is 262 g/mol. The van der Waals surface area contributed by atoms with E-state index in [0.29, 0.717) is 23.9 Å². The Bertz CT molecular complexity index is 725. The monoisotopic (exact) mass is 281 g/mol. The molecular formula is C17H19N3O. The molecule has 1 aromatic carbocycles. The van der Waals surface area contributed by atoms with Gasteiger partial charge in [-0.3, -0.25) is 4.79 Å². The van der Waals surface area contributed by atoms with Crippen molar-refractivity contribution in [3.05, 3.63) is 35.2 Å². The van der Waals surface area contributed by atoms with Crippen LogP contribution in [0, 0.1) is 0 Å². The highest BCUT2D eigenvalue weighted by atomic mass is 16.1. The van der Waals surface area contributed by atoms with Crippen LogP contribution in [0.3, 0.4) is 0 Å². The first-order chi connectivity index (χ1) is 10.3. The molecule has 2 bridgehead atoms. The molecule has 4 nitrogen and oxygen atoms in total. The number of rotatable bonds is 3. The quantitative estimate of drug-likeness (QED) is 0.940. The van der Waals surface area contributed by atoms with Gasteiger partial charge < -0.3 is 5.32 Å². The Morgan fingerprint density at radius 1 is 1.19 bits per heavy atom. The molecule has 1 heterocycles. The van der Waals surface area contributed by atoms with Crippen LogP contribution in [0.5, 0.6) is 0 Å². The molecule has 108 valence electrons. The van der Waals surface area contributed by atoms with Crippen molar-refractivity contribution in [3.63, 3.8) is 0 Å². The maximum absolute atomic E-state index is 12.0. The van der Waals surface area contributed by atoms with Crippen LogP contribution in [-0.4, -0.2) is 22.4 Å². The normalized spacial score (nSPS) is 22.5. The Morgan fingerprint density at radius 2 is 1.90 bits per heavy atom. The SMILES string of the molecule is CCCNC(=O)c1ccc2nc3c(nc2c1)C1CCC3C1. The lowest BCUT2D eigenvalue weighted by Gasteiger charge is -2.14. The molecule has 1 fully saturated rings. The average molecular weight is 281 g/mol. The minimum atomic E-state index is -0.0254. The van der Waals surface area contributed by atoms with Gasteiger partial charge in [0.1, 0.15) is 0 Å². The average Bonchev–Trinajstić information content (AvgIpc) is 3.12. The number of hydrogen-bond donors (Lipinski definition) is 1. The van der Waals surface area contributed by atoms with Gasteiger partial charge in [-0.25, -0.2) is 9.97 Å². The Morgan fingerprint density at radius 3 is 2.62 bits per heavy atom. The summed E-state index contributed by atoms with van der Waals surface area (Å²) in [6.07, 6.45) is 4.66. The molecule has 0 saturated heterocycles. The van der Waals surface area contributed by atoms with Crippen molar-refractivity contribution in [3.8, 4) is 0 Å². The zero-order valence-corrected chi connectivity index (χ0v) is 12.2. The summed E-state index contributed by atoms with van der Waals surface area (Å²) in [4.78, 5) is 21.7. The van der Waals surface area contributed by atoms with Gasteiger partial charge in [0.25, 0.3) is 5.91 Å². The summed E-state index contributed by atoms with van der Waals surface area (Å²) in [5, 5.41) is 2.91. The van der Waals surface area contributed by atoms with Crippen LogP contribution in [0.4, 0.5) is 0 Å². The lowest BCUT2D eigenvalue weighted by atomic mass is 10.00. The number of amides is 1. The van der Waals surface area contributed by atoms with Gasteiger partial charge >= 0.3 is 0 Å². The highest BCUT2D eigenvalue weighted by Gasteiger charge is 2.39. The summed E-state index contributed by atoms with van der Waals surface area (Å²) in [6.45, 7) is 2.75. The molecule has 0 spiro atoms.